The maximum absolute atomic E-state index is 12.6. The standard InChI is InChI=1S/C18H13Cl2F3N2OS/c1-17(9-24,25-16(27)14-7-4-12(19)8-15(14)20)10-26-13-5-2-11(3-6-13)18(21,22)23/h2-8H,10H2,1H3,(H,25,27). The minimum absolute atomic E-state index is 0.153. The van der Waals surface area contributed by atoms with Crippen LogP contribution in [0.5, 0.6) is 5.75 Å². The van der Waals surface area contributed by atoms with E-state index in [2.05, 4.69) is 5.32 Å². The van der Waals surface area contributed by atoms with E-state index >= 15 is 0 Å². The van der Waals surface area contributed by atoms with Crippen molar-refractivity contribution in [2.75, 3.05) is 6.61 Å². The molecule has 1 atom stereocenters. The van der Waals surface area contributed by atoms with Crippen molar-refractivity contribution in [1.82, 2.24) is 5.32 Å². The summed E-state index contributed by atoms with van der Waals surface area (Å²) in [6, 6.07) is 11.0. The van der Waals surface area contributed by atoms with Gasteiger partial charge < -0.3 is 10.1 Å². The molecule has 0 aliphatic heterocycles. The van der Waals surface area contributed by atoms with Gasteiger partial charge in [-0.2, -0.15) is 18.4 Å². The number of hydrogen-bond donors (Lipinski definition) is 1. The van der Waals surface area contributed by atoms with Gasteiger partial charge in [0.2, 0.25) is 0 Å². The second-order valence-electron chi connectivity index (χ2n) is 5.83. The van der Waals surface area contributed by atoms with Gasteiger partial charge in [-0.25, -0.2) is 0 Å². The second kappa shape index (κ2) is 8.34. The summed E-state index contributed by atoms with van der Waals surface area (Å²) >= 11 is 17.2. The SMILES string of the molecule is CC(C#N)(COc1ccc(C(F)(F)F)cc1)NC(=S)c1ccc(Cl)cc1Cl. The Kier molecular flexibility index (Phi) is 6.58. The molecular formula is C18H13Cl2F3N2OS. The minimum atomic E-state index is -4.43. The molecule has 9 heteroatoms. The topological polar surface area (TPSA) is 45.0 Å². The summed E-state index contributed by atoms with van der Waals surface area (Å²) in [6.45, 7) is 1.40. The number of thiocarbonyl (C=S) groups is 1. The first kappa shape index (κ1) is 21.3. The molecule has 142 valence electrons. The van der Waals surface area contributed by atoms with Crippen LogP contribution >= 0.6 is 35.4 Å². The number of ether oxygens (including phenoxy) is 1. The van der Waals surface area contributed by atoms with Gasteiger partial charge in [0, 0.05) is 10.6 Å². The van der Waals surface area contributed by atoms with Crippen LogP contribution in [-0.4, -0.2) is 17.1 Å². The van der Waals surface area contributed by atoms with E-state index < -0.39 is 17.3 Å². The summed E-state index contributed by atoms with van der Waals surface area (Å²) < 4.78 is 43.2. The number of nitrogens with zero attached hydrogens (tertiary/aromatic N) is 1. The highest BCUT2D eigenvalue weighted by atomic mass is 35.5. The van der Waals surface area contributed by atoms with E-state index in [0.29, 0.717) is 15.6 Å². The third-order valence-electron chi connectivity index (χ3n) is 3.52. The summed E-state index contributed by atoms with van der Waals surface area (Å²) in [7, 11) is 0. The van der Waals surface area contributed by atoms with Crippen LogP contribution in [0.1, 0.15) is 18.1 Å². The highest BCUT2D eigenvalue weighted by Crippen LogP contribution is 2.30. The van der Waals surface area contributed by atoms with Crippen molar-refractivity contribution in [1.29, 1.82) is 5.26 Å². The van der Waals surface area contributed by atoms with Gasteiger partial charge in [-0.1, -0.05) is 35.4 Å². The maximum atomic E-state index is 12.6. The molecule has 0 aliphatic carbocycles. The van der Waals surface area contributed by atoms with Crippen LogP contribution < -0.4 is 10.1 Å². The Balaban J connectivity index is 2.06. The van der Waals surface area contributed by atoms with Crippen LogP contribution in [0.15, 0.2) is 42.5 Å². The molecule has 0 spiro atoms. The molecule has 0 heterocycles. The molecule has 3 nitrogen and oxygen atoms in total. The normalized spacial score (nSPS) is 13.4. The number of halogens is 5. The van der Waals surface area contributed by atoms with E-state index in [1.807, 2.05) is 6.07 Å². The Bertz CT molecular complexity index is 882. The van der Waals surface area contributed by atoms with E-state index in [1.54, 1.807) is 19.1 Å². The van der Waals surface area contributed by atoms with E-state index in [1.165, 1.54) is 18.2 Å². The maximum Gasteiger partial charge on any atom is 0.416 e. The van der Waals surface area contributed by atoms with E-state index in [9.17, 15) is 18.4 Å². The highest BCUT2D eigenvalue weighted by molar-refractivity contribution is 7.80. The van der Waals surface area contributed by atoms with Gasteiger partial charge in [0.15, 0.2) is 5.54 Å². The Morgan fingerprint density at radius 1 is 1.19 bits per heavy atom. The highest BCUT2D eigenvalue weighted by Gasteiger charge is 2.30. The Morgan fingerprint density at radius 2 is 1.81 bits per heavy atom. The Labute approximate surface area is 169 Å². The van der Waals surface area contributed by atoms with Gasteiger partial charge in [-0.15, -0.1) is 0 Å². The molecule has 0 bridgehead atoms. The summed E-state index contributed by atoms with van der Waals surface area (Å²) in [5.74, 6) is 0.196. The van der Waals surface area contributed by atoms with Crippen molar-refractivity contribution in [2.45, 2.75) is 18.6 Å². The molecule has 1 unspecified atom stereocenters. The molecule has 0 fully saturated rings. The molecule has 2 rings (SSSR count). The zero-order chi connectivity index (χ0) is 20.2. The van der Waals surface area contributed by atoms with Crippen molar-refractivity contribution in [3.05, 3.63) is 63.6 Å². The summed E-state index contributed by atoms with van der Waals surface area (Å²) in [4.78, 5) is 0.219. The third kappa shape index (κ3) is 5.73. The molecule has 0 radical (unpaired) electrons. The summed E-state index contributed by atoms with van der Waals surface area (Å²) in [5, 5.41) is 13.1. The van der Waals surface area contributed by atoms with Gasteiger partial charge in [0.25, 0.3) is 0 Å². The second-order valence-corrected chi connectivity index (χ2v) is 7.08. The number of nitriles is 1. The molecule has 2 aromatic rings. The molecule has 2 aromatic carbocycles. The lowest BCUT2D eigenvalue weighted by Gasteiger charge is -2.25. The van der Waals surface area contributed by atoms with E-state index in [-0.39, 0.29) is 17.3 Å². The fourth-order valence-corrected chi connectivity index (χ4v) is 3.02. The zero-order valence-electron chi connectivity index (χ0n) is 13.9. The van der Waals surface area contributed by atoms with Gasteiger partial charge in [0.05, 0.1) is 16.7 Å². The van der Waals surface area contributed by atoms with E-state index in [4.69, 9.17) is 40.2 Å². The van der Waals surface area contributed by atoms with Crippen molar-refractivity contribution < 1.29 is 17.9 Å². The summed E-state index contributed by atoms with van der Waals surface area (Å²) in [6.07, 6.45) is -4.43. The van der Waals surface area contributed by atoms with Crippen molar-refractivity contribution in [3.63, 3.8) is 0 Å². The van der Waals surface area contributed by atoms with Crippen molar-refractivity contribution >= 4 is 40.4 Å². The van der Waals surface area contributed by atoms with Crippen LogP contribution in [0.4, 0.5) is 13.2 Å². The Morgan fingerprint density at radius 3 is 2.33 bits per heavy atom. The smallest absolute Gasteiger partial charge is 0.416 e. The van der Waals surface area contributed by atoms with Gasteiger partial charge in [-0.05, 0) is 49.4 Å². The molecule has 0 aliphatic rings. The van der Waals surface area contributed by atoms with Crippen molar-refractivity contribution in [3.8, 4) is 11.8 Å². The van der Waals surface area contributed by atoms with Crippen LogP contribution in [-0.2, 0) is 6.18 Å². The first-order valence-corrected chi connectivity index (χ1v) is 8.69. The summed E-state index contributed by atoms with van der Waals surface area (Å²) in [5.41, 5.74) is -1.52. The monoisotopic (exact) mass is 432 g/mol. The molecular weight excluding hydrogens is 420 g/mol. The largest absolute Gasteiger partial charge is 0.490 e. The molecule has 0 aromatic heterocycles. The average Bonchev–Trinajstić information content (AvgIpc) is 2.59. The Hall–Kier alpha value is -2.01. The molecule has 0 saturated carbocycles. The predicted molar refractivity (Wildman–Crippen MR) is 102 cm³/mol. The van der Waals surface area contributed by atoms with Gasteiger partial charge in [-0.3, -0.25) is 0 Å². The number of hydrogen-bond acceptors (Lipinski definition) is 3. The minimum Gasteiger partial charge on any atom is -0.490 e. The number of rotatable bonds is 5. The third-order valence-corrected chi connectivity index (χ3v) is 4.39. The number of alkyl halides is 3. The quantitative estimate of drug-likeness (QED) is 0.620. The van der Waals surface area contributed by atoms with Crippen LogP contribution in [0.2, 0.25) is 10.0 Å². The number of benzene rings is 2. The van der Waals surface area contributed by atoms with Crippen molar-refractivity contribution in [2.24, 2.45) is 0 Å². The van der Waals surface area contributed by atoms with Crippen LogP contribution in [0.3, 0.4) is 0 Å². The first-order chi connectivity index (χ1) is 12.5. The molecule has 0 saturated heterocycles. The van der Waals surface area contributed by atoms with Crippen LogP contribution in [0.25, 0.3) is 0 Å². The lowest BCUT2D eigenvalue weighted by molar-refractivity contribution is -0.137. The average molecular weight is 433 g/mol. The molecule has 1 N–H and O–H groups in total. The fourth-order valence-electron chi connectivity index (χ4n) is 2.06. The van der Waals surface area contributed by atoms with Gasteiger partial charge in [0.1, 0.15) is 17.3 Å². The lowest BCUT2D eigenvalue weighted by atomic mass is 10.1. The molecule has 27 heavy (non-hydrogen) atoms. The predicted octanol–water partition coefficient (Wildman–Crippen LogP) is 5.64. The lowest BCUT2D eigenvalue weighted by Crippen LogP contribution is -2.49. The first-order valence-electron chi connectivity index (χ1n) is 7.53. The van der Waals surface area contributed by atoms with E-state index in [0.717, 1.165) is 12.1 Å². The zero-order valence-corrected chi connectivity index (χ0v) is 16.2. The number of nitrogens with one attached hydrogen (secondary N) is 1. The molecule has 0 amide bonds. The van der Waals surface area contributed by atoms with Crippen LogP contribution in [0, 0.1) is 11.3 Å². The fraction of sp³-hybridized carbons (Fsp3) is 0.222. The van der Waals surface area contributed by atoms with Gasteiger partial charge >= 0.3 is 6.18 Å².